The van der Waals surface area contributed by atoms with Crippen molar-refractivity contribution in [3.63, 3.8) is 0 Å². The van der Waals surface area contributed by atoms with Crippen molar-refractivity contribution in [3.05, 3.63) is 60.2 Å². The van der Waals surface area contributed by atoms with Gasteiger partial charge in [0.05, 0.1) is 20.3 Å². The molecule has 0 heterocycles. The summed E-state index contributed by atoms with van der Waals surface area (Å²) in [6, 6.07) is 17.8. The lowest BCUT2D eigenvalue weighted by Gasteiger charge is -2.12. The van der Waals surface area contributed by atoms with Gasteiger partial charge in [0, 0.05) is 18.7 Å². The van der Waals surface area contributed by atoms with E-state index in [0.29, 0.717) is 13.2 Å². The standard InChI is InChI=1S/C20H27N3O2.HI/c1-3-21-20(23-16-17-10-7-8-13-19(17)24-2)22-14-9-15-25-18-11-5-4-6-12-18;/h4-8,10-13H,3,9,14-16H2,1-2H3,(H2,21,22,23);1H. The van der Waals surface area contributed by atoms with Gasteiger partial charge < -0.3 is 20.1 Å². The van der Waals surface area contributed by atoms with Gasteiger partial charge in [0.1, 0.15) is 11.5 Å². The van der Waals surface area contributed by atoms with E-state index in [4.69, 9.17) is 9.47 Å². The largest absolute Gasteiger partial charge is 0.496 e. The molecule has 0 saturated heterocycles. The molecule has 0 unspecified atom stereocenters. The molecule has 2 aromatic rings. The monoisotopic (exact) mass is 469 g/mol. The predicted octanol–water partition coefficient (Wildman–Crippen LogP) is 3.84. The van der Waals surface area contributed by atoms with Crippen molar-refractivity contribution in [2.75, 3.05) is 26.8 Å². The summed E-state index contributed by atoms with van der Waals surface area (Å²) < 4.78 is 11.1. The predicted molar refractivity (Wildman–Crippen MR) is 118 cm³/mol. The second-order valence-electron chi connectivity index (χ2n) is 5.45. The first kappa shape index (κ1) is 22.1. The maximum absolute atomic E-state index is 5.69. The van der Waals surface area contributed by atoms with Crippen molar-refractivity contribution >= 4 is 29.9 Å². The molecule has 0 aliphatic heterocycles. The molecule has 2 rings (SSSR count). The Kier molecular flexibility index (Phi) is 11.3. The summed E-state index contributed by atoms with van der Waals surface area (Å²) in [7, 11) is 1.68. The molecule has 26 heavy (non-hydrogen) atoms. The highest BCUT2D eigenvalue weighted by atomic mass is 127. The van der Waals surface area contributed by atoms with Gasteiger partial charge >= 0.3 is 0 Å². The first-order chi connectivity index (χ1) is 12.3. The zero-order valence-electron chi connectivity index (χ0n) is 15.4. The van der Waals surface area contributed by atoms with Crippen molar-refractivity contribution in [2.24, 2.45) is 4.99 Å². The SMILES string of the molecule is CCNC(=NCc1ccccc1OC)NCCCOc1ccccc1.I. The van der Waals surface area contributed by atoms with Crippen LogP contribution in [0.5, 0.6) is 11.5 Å². The van der Waals surface area contributed by atoms with E-state index in [2.05, 4.69) is 22.5 Å². The number of aliphatic imine (C=N–C) groups is 1. The fourth-order valence-electron chi connectivity index (χ4n) is 2.33. The topological polar surface area (TPSA) is 54.9 Å². The molecule has 0 fully saturated rings. The van der Waals surface area contributed by atoms with E-state index in [9.17, 15) is 0 Å². The fourth-order valence-corrected chi connectivity index (χ4v) is 2.33. The lowest BCUT2D eigenvalue weighted by molar-refractivity contribution is 0.311. The third kappa shape index (κ3) is 7.95. The Morgan fingerprint density at radius 3 is 2.46 bits per heavy atom. The maximum Gasteiger partial charge on any atom is 0.191 e. The van der Waals surface area contributed by atoms with Gasteiger partial charge in [-0.3, -0.25) is 0 Å². The molecular weight excluding hydrogens is 441 g/mol. The minimum absolute atomic E-state index is 0. The summed E-state index contributed by atoms with van der Waals surface area (Å²) in [6.07, 6.45) is 0.897. The van der Waals surface area contributed by atoms with Crippen molar-refractivity contribution in [2.45, 2.75) is 19.9 Å². The van der Waals surface area contributed by atoms with Crippen LogP contribution in [-0.4, -0.2) is 32.8 Å². The third-order valence-electron chi connectivity index (χ3n) is 3.57. The molecule has 0 bridgehead atoms. The molecular formula is C20H28IN3O2. The minimum Gasteiger partial charge on any atom is -0.496 e. The molecule has 0 amide bonds. The Morgan fingerprint density at radius 1 is 1.00 bits per heavy atom. The average Bonchev–Trinajstić information content (AvgIpc) is 2.66. The number of ether oxygens (including phenoxy) is 2. The van der Waals surface area contributed by atoms with Crippen molar-refractivity contribution in [1.29, 1.82) is 0 Å². The summed E-state index contributed by atoms with van der Waals surface area (Å²) in [6.45, 7) is 4.91. The Bertz CT molecular complexity index is 651. The molecule has 0 aliphatic carbocycles. The highest BCUT2D eigenvalue weighted by Crippen LogP contribution is 2.17. The number of nitrogens with one attached hydrogen (secondary N) is 2. The summed E-state index contributed by atoms with van der Waals surface area (Å²) >= 11 is 0. The summed E-state index contributed by atoms with van der Waals surface area (Å²) in [5.74, 6) is 2.56. The van der Waals surface area contributed by atoms with Gasteiger partial charge in [0.2, 0.25) is 0 Å². The maximum atomic E-state index is 5.69. The van der Waals surface area contributed by atoms with Crippen LogP contribution in [0.4, 0.5) is 0 Å². The number of guanidine groups is 1. The van der Waals surface area contributed by atoms with E-state index >= 15 is 0 Å². The van der Waals surface area contributed by atoms with Gasteiger partial charge in [-0.15, -0.1) is 24.0 Å². The summed E-state index contributed by atoms with van der Waals surface area (Å²) in [5, 5.41) is 6.59. The van der Waals surface area contributed by atoms with Gasteiger partial charge in [0.25, 0.3) is 0 Å². The number of hydrogen-bond acceptors (Lipinski definition) is 3. The van der Waals surface area contributed by atoms with Crippen LogP contribution in [0.25, 0.3) is 0 Å². The van der Waals surface area contributed by atoms with Gasteiger partial charge in [-0.25, -0.2) is 4.99 Å². The number of nitrogens with zero attached hydrogens (tertiary/aromatic N) is 1. The van der Waals surface area contributed by atoms with E-state index in [0.717, 1.165) is 42.5 Å². The second-order valence-corrected chi connectivity index (χ2v) is 5.45. The molecule has 0 spiro atoms. The molecule has 0 radical (unpaired) electrons. The van der Waals surface area contributed by atoms with Crippen LogP contribution in [0.15, 0.2) is 59.6 Å². The van der Waals surface area contributed by atoms with Crippen molar-refractivity contribution < 1.29 is 9.47 Å². The Balaban J connectivity index is 0.00000338. The minimum atomic E-state index is 0. The highest BCUT2D eigenvalue weighted by Gasteiger charge is 2.02. The molecule has 2 N–H and O–H groups in total. The smallest absolute Gasteiger partial charge is 0.191 e. The molecule has 0 aromatic heterocycles. The molecule has 2 aromatic carbocycles. The van der Waals surface area contributed by atoms with Gasteiger partial charge in [-0.2, -0.15) is 0 Å². The quantitative estimate of drug-likeness (QED) is 0.254. The number of benzene rings is 2. The number of para-hydroxylation sites is 2. The first-order valence-electron chi connectivity index (χ1n) is 8.65. The van der Waals surface area contributed by atoms with Crippen LogP contribution in [0.3, 0.4) is 0 Å². The summed E-state index contributed by atoms with van der Waals surface area (Å²) in [4.78, 5) is 4.62. The highest BCUT2D eigenvalue weighted by molar-refractivity contribution is 14.0. The van der Waals surface area contributed by atoms with E-state index in [1.54, 1.807) is 7.11 Å². The summed E-state index contributed by atoms with van der Waals surface area (Å²) in [5.41, 5.74) is 1.06. The molecule has 0 aliphatic rings. The molecule has 5 nitrogen and oxygen atoms in total. The second kappa shape index (κ2) is 13.3. The number of hydrogen-bond donors (Lipinski definition) is 2. The van der Waals surface area contributed by atoms with Gasteiger partial charge in [-0.1, -0.05) is 36.4 Å². The number of methoxy groups -OCH3 is 1. The van der Waals surface area contributed by atoms with Crippen molar-refractivity contribution in [1.82, 2.24) is 10.6 Å². The normalized spacial score (nSPS) is 10.6. The van der Waals surface area contributed by atoms with Crippen LogP contribution in [0.1, 0.15) is 18.9 Å². The van der Waals surface area contributed by atoms with E-state index in [1.807, 2.05) is 54.6 Å². The first-order valence-corrected chi connectivity index (χ1v) is 8.65. The molecule has 0 atom stereocenters. The van der Waals surface area contributed by atoms with Crippen LogP contribution < -0.4 is 20.1 Å². The zero-order valence-corrected chi connectivity index (χ0v) is 17.7. The van der Waals surface area contributed by atoms with Crippen molar-refractivity contribution in [3.8, 4) is 11.5 Å². The number of halogens is 1. The Hall–Kier alpha value is -1.96. The van der Waals surface area contributed by atoms with E-state index in [-0.39, 0.29) is 24.0 Å². The number of rotatable bonds is 9. The lowest BCUT2D eigenvalue weighted by atomic mass is 10.2. The Morgan fingerprint density at radius 2 is 1.73 bits per heavy atom. The van der Waals surface area contributed by atoms with Crippen LogP contribution in [0.2, 0.25) is 0 Å². The zero-order chi connectivity index (χ0) is 17.7. The van der Waals surface area contributed by atoms with E-state index in [1.165, 1.54) is 0 Å². The molecule has 6 heteroatoms. The third-order valence-corrected chi connectivity index (χ3v) is 3.57. The van der Waals surface area contributed by atoms with E-state index < -0.39 is 0 Å². The Labute approximate surface area is 173 Å². The van der Waals surface area contributed by atoms with Gasteiger partial charge in [-0.05, 0) is 31.5 Å². The van der Waals surface area contributed by atoms with Crippen LogP contribution in [-0.2, 0) is 6.54 Å². The van der Waals surface area contributed by atoms with Crippen LogP contribution >= 0.6 is 24.0 Å². The molecule has 142 valence electrons. The van der Waals surface area contributed by atoms with Gasteiger partial charge in [0.15, 0.2) is 5.96 Å². The average molecular weight is 469 g/mol. The lowest BCUT2D eigenvalue weighted by Crippen LogP contribution is -2.38. The van der Waals surface area contributed by atoms with Crippen LogP contribution in [0, 0.1) is 0 Å². The molecule has 0 saturated carbocycles. The fraction of sp³-hybridized carbons (Fsp3) is 0.350.